The first-order valence-corrected chi connectivity index (χ1v) is 12.0. The Kier molecular flexibility index (Phi) is 7.58. The van der Waals surface area contributed by atoms with Crippen molar-refractivity contribution in [2.24, 2.45) is 0 Å². The van der Waals surface area contributed by atoms with Crippen LogP contribution in [0.3, 0.4) is 0 Å². The molecule has 0 radical (unpaired) electrons. The summed E-state index contributed by atoms with van der Waals surface area (Å²) in [6.07, 6.45) is 3.77. The molecule has 3 rings (SSSR count). The minimum atomic E-state index is -4.35. The van der Waals surface area contributed by atoms with Gasteiger partial charge in [0.05, 0.1) is 5.56 Å². The van der Waals surface area contributed by atoms with Gasteiger partial charge in [0.25, 0.3) is 0 Å². The molecule has 1 aliphatic rings. The number of hydrogen-bond acceptors (Lipinski definition) is 2. The number of alkyl halides is 3. The van der Waals surface area contributed by atoms with Gasteiger partial charge < -0.3 is 5.32 Å². The van der Waals surface area contributed by atoms with Crippen LogP contribution in [-0.2, 0) is 6.18 Å². The fraction of sp³-hybridized carbons (Fsp3) is 0.385. The third-order valence-electron chi connectivity index (χ3n) is 5.77. The topological polar surface area (TPSA) is 12.0 Å². The minimum absolute atomic E-state index is 0.148. The molecule has 0 bridgehead atoms. The molecule has 0 aliphatic heterocycles. The molecule has 31 heavy (non-hydrogen) atoms. The van der Waals surface area contributed by atoms with E-state index in [9.17, 15) is 13.2 Å². The molecular weight excluding hydrogens is 415 g/mol. The summed E-state index contributed by atoms with van der Waals surface area (Å²) in [4.78, 5) is 1.25. The normalized spacial score (nSPS) is 17.2. The molecule has 0 spiro atoms. The standard InChI is InChI=1S/C26H30F3NS/c1-5-8-19-9-6-12-23(30-21-11-7-10-20(16-21)26(27,28)29)25(19)18(3)22-14-13-17(2)15-24(22)31-4/h7-8,10-11,13-16,18,30H,5-6,9,12H2,1-4H3/b19-8+. The molecule has 5 heteroatoms. The van der Waals surface area contributed by atoms with Crippen LogP contribution in [0.1, 0.15) is 62.1 Å². The minimum Gasteiger partial charge on any atom is -0.359 e. The lowest BCUT2D eigenvalue weighted by Crippen LogP contribution is -2.16. The summed E-state index contributed by atoms with van der Waals surface area (Å²) in [6, 6.07) is 12.0. The van der Waals surface area contributed by atoms with Crippen molar-refractivity contribution in [3.05, 3.63) is 82.1 Å². The molecule has 166 valence electrons. The van der Waals surface area contributed by atoms with Gasteiger partial charge in [0.1, 0.15) is 0 Å². The van der Waals surface area contributed by atoms with E-state index in [2.05, 4.69) is 56.6 Å². The third kappa shape index (κ3) is 5.57. The van der Waals surface area contributed by atoms with Crippen molar-refractivity contribution >= 4 is 17.4 Å². The van der Waals surface area contributed by atoms with Gasteiger partial charge >= 0.3 is 6.18 Å². The highest BCUT2D eigenvalue weighted by Gasteiger charge is 2.31. The first-order chi connectivity index (χ1) is 14.7. The predicted molar refractivity (Wildman–Crippen MR) is 126 cm³/mol. The van der Waals surface area contributed by atoms with Crippen LogP contribution in [0.15, 0.2) is 70.3 Å². The Hall–Kier alpha value is -2.14. The molecule has 1 nitrogen and oxygen atoms in total. The predicted octanol–water partition coefficient (Wildman–Crippen LogP) is 8.73. The third-order valence-corrected chi connectivity index (χ3v) is 6.56. The summed E-state index contributed by atoms with van der Waals surface area (Å²) in [6.45, 7) is 6.43. The Balaban J connectivity index is 2.08. The van der Waals surface area contributed by atoms with Gasteiger partial charge in [0.2, 0.25) is 0 Å². The van der Waals surface area contributed by atoms with Gasteiger partial charge in [-0.2, -0.15) is 13.2 Å². The molecule has 0 fully saturated rings. The Morgan fingerprint density at radius 3 is 2.58 bits per heavy atom. The van der Waals surface area contributed by atoms with Crippen molar-refractivity contribution in [2.45, 2.75) is 63.4 Å². The first kappa shape index (κ1) is 23.5. The van der Waals surface area contributed by atoms with Crippen LogP contribution in [0, 0.1) is 6.92 Å². The van der Waals surface area contributed by atoms with E-state index >= 15 is 0 Å². The SMILES string of the molecule is CC/C=C1\CCCC(Nc2cccc(C(F)(F)F)c2)=C1C(C)c1ccc(C)cc1SC. The molecule has 0 heterocycles. The summed E-state index contributed by atoms with van der Waals surface area (Å²) in [5, 5.41) is 3.36. The quantitative estimate of drug-likeness (QED) is 0.446. The molecule has 0 saturated heterocycles. The molecule has 0 amide bonds. The van der Waals surface area contributed by atoms with Gasteiger partial charge in [0.15, 0.2) is 0 Å². The Morgan fingerprint density at radius 2 is 1.90 bits per heavy atom. The molecular formula is C26H30F3NS. The van der Waals surface area contributed by atoms with E-state index in [0.29, 0.717) is 5.69 Å². The molecule has 2 aromatic carbocycles. The number of halogens is 3. The van der Waals surface area contributed by atoms with Gasteiger partial charge in [-0.1, -0.05) is 43.7 Å². The van der Waals surface area contributed by atoms with Crippen molar-refractivity contribution in [3.63, 3.8) is 0 Å². The summed E-state index contributed by atoms with van der Waals surface area (Å²) in [5.41, 5.74) is 5.92. The molecule has 0 aromatic heterocycles. The number of allylic oxidation sites excluding steroid dienone is 4. The number of nitrogens with one attached hydrogen (secondary N) is 1. The Bertz CT molecular complexity index is 988. The Labute approximate surface area is 187 Å². The number of hydrogen-bond donors (Lipinski definition) is 1. The van der Waals surface area contributed by atoms with E-state index in [0.717, 1.165) is 37.4 Å². The van der Waals surface area contributed by atoms with Gasteiger partial charge in [-0.15, -0.1) is 11.8 Å². The second-order valence-electron chi connectivity index (χ2n) is 8.05. The molecule has 0 saturated carbocycles. The second-order valence-corrected chi connectivity index (χ2v) is 8.90. The summed E-state index contributed by atoms with van der Waals surface area (Å²) < 4.78 is 39.6. The number of aryl methyl sites for hydroxylation is 1. The summed E-state index contributed by atoms with van der Waals surface area (Å²) in [7, 11) is 0. The zero-order valence-electron chi connectivity index (χ0n) is 18.6. The van der Waals surface area contributed by atoms with E-state index in [4.69, 9.17) is 0 Å². The second kappa shape index (κ2) is 9.99. The Morgan fingerprint density at radius 1 is 1.13 bits per heavy atom. The maximum Gasteiger partial charge on any atom is 0.416 e. The monoisotopic (exact) mass is 445 g/mol. The van der Waals surface area contributed by atoms with Crippen molar-refractivity contribution < 1.29 is 13.2 Å². The van der Waals surface area contributed by atoms with Gasteiger partial charge in [-0.3, -0.25) is 0 Å². The average molecular weight is 446 g/mol. The zero-order valence-corrected chi connectivity index (χ0v) is 19.4. The maximum absolute atomic E-state index is 13.2. The first-order valence-electron chi connectivity index (χ1n) is 10.8. The smallest absolute Gasteiger partial charge is 0.359 e. The summed E-state index contributed by atoms with van der Waals surface area (Å²) in [5.74, 6) is 0.148. The molecule has 2 aromatic rings. The molecule has 1 atom stereocenters. The lowest BCUT2D eigenvalue weighted by Gasteiger charge is -2.30. The van der Waals surface area contributed by atoms with Crippen LogP contribution < -0.4 is 5.32 Å². The van der Waals surface area contributed by atoms with Crippen LogP contribution in [0.25, 0.3) is 0 Å². The number of anilines is 1. The van der Waals surface area contributed by atoms with Crippen molar-refractivity contribution in [2.75, 3.05) is 11.6 Å². The van der Waals surface area contributed by atoms with E-state index in [1.54, 1.807) is 17.8 Å². The van der Waals surface area contributed by atoms with Crippen molar-refractivity contribution in [1.29, 1.82) is 0 Å². The number of benzene rings is 2. The fourth-order valence-electron chi connectivity index (χ4n) is 4.33. The van der Waals surface area contributed by atoms with Gasteiger partial charge in [-0.25, -0.2) is 0 Å². The highest BCUT2D eigenvalue weighted by Crippen LogP contribution is 2.42. The van der Waals surface area contributed by atoms with Crippen molar-refractivity contribution in [1.82, 2.24) is 0 Å². The van der Waals surface area contributed by atoms with E-state index in [1.807, 2.05) is 0 Å². The summed E-state index contributed by atoms with van der Waals surface area (Å²) >= 11 is 1.74. The fourth-order valence-corrected chi connectivity index (χ4v) is 5.11. The molecule has 1 aliphatic carbocycles. The highest BCUT2D eigenvalue weighted by molar-refractivity contribution is 7.98. The lowest BCUT2D eigenvalue weighted by atomic mass is 9.80. The van der Waals surface area contributed by atoms with E-state index < -0.39 is 11.7 Å². The maximum atomic E-state index is 13.2. The number of thioether (sulfide) groups is 1. The van der Waals surface area contributed by atoms with E-state index in [-0.39, 0.29) is 5.92 Å². The van der Waals surface area contributed by atoms with Gasteiger partial charge in [0, 0.05) is 22.2 Å². The van der Waals surface area contributed by atoms with Gasteiger partial charge in [-0.05, 0) is 79.8 Å². The zero-order chi connectivity index (χ0) is 22.6. The lowest BCUT2D eigenvalue weighted by molar-refractivity contribution is -0.137. The average Bonchev–Trinajstić information content (AvgIpc) is 2.73. The van der Waals surface area contributed by atoms with E-state index in [1.165, 1.54) is 39.3 Å². The van der Waals surface area contributed by atoms with Crippen LogP contribution in [0.2, 0.25) is 0 Å². The molecule has 1 N–H and O–H groups in total. The van der Waals surface area contributed by atoms with Crippen molar-refractivity contribution in [3.8, 4) is 0 Å². The van der Waals surface area contributed by atoms with Crippen LogP contribution in [0.5, 0.6) is 0 Å². The van der Waals surface area contributed by atoms with Crippen LogP contribution in [0.4, 0.5) is 18.9 Å². The number of rotatable bonds is 6. The largest absolute Gasteiger partial charge is 0.416 e. The van der Waals surface area contributed by atoms with Crippen LogP contribution >= 0.6 is 11.8 Å². The van der Waals surface area contributed by atoms with Crippen LogP contribution in [-0.4, -0.2) is 6.26 Å². The molecule has 1 unspecified atom stereocenters. The highest BCUT2D eigenvalue weighted by atomic mass is 32.2.